The summed E-state index contributed by atoms with van der Waals surface area (Å²) in [6.07, 6.45) is 4.40. The molecule has 0 radical (unpaired) electrons. The molecule has 3 atom stereocenters. The summed E-state index contributed by atoms with van der Waals surface area (Å²) in [5.41, 5.74) is -0.464. The zero-order chi connectivity index (χ0) is 7.07. The quantitative estimate of drug-likeness (QED) is 0.401. The van der Waals surface area contributed by atoms with Gasteiger partial charge in [-0.15, -0.1) is 6.42 Å². The first-order chi connectivity index (χ1) is 4.11. The van der Waals surface area contributed by atoms with Crippen molar-refractivity contribution in [1.29, 1.82) is 0 Å². The van der Waals surface area contributed by atoms with E-state index in [4.69, 9.17) is 16.3 Å². The number of aliphatic hydroxyl groups excluding tert-OH is 1. The molecule has 1 fully saturated rings. The van der Waals surface area contributed by atoms with E-state index in [9.17, 15) is 0 Å². The monoisotopic (exact) mass is 126 g/mol. The lowest BCUT2D eigenvalue weighted by Gasteiger charge is -2.06. The van der Waals surface area contributed by atoms with Crippen LogP contribution >= 0.6 is 0 Å². The number of ether oxygens (including phenoxy) is 1. The van der Waals surface area contributed by atoms with Crippen LogP contribution in [0.15, 0.2) is 0 Å². The molecule has 1 aliphatic heterocycles. The van der Waals surface area contributed by atoms with Crippen LogP contribution in [-0.4, -0.2) is 22.9 Å². The summed E-state index contributed by atoms with van der Waals surface area (Å²) < 4.78 is 5.03. The minimum Gasteiger partial charge on any atom is -0.390 e. The summed E-state index contributed by atoms with van der Waals surface area (Å²) in [5.74, 6) is 2.43. The molecule has 1 heterocycles. The number of hydrogen-bond acceptors (Lipinski definition) is 2. The predicted octanol–water partition coefficient (Wildman–Crippen LogP) is 0.158. The van der Waals surface area contributed by atoms with Gasteiger partial charge in [0.15, 0.2) is 0 Å². The average molecular weight is 126 g/mol. The maximum absolute atomic E-state index is 9.03. The molecule has 2 heteroatoms. The number of terminal acetylenes is 1. The van der Waals surface area contributed by atoms with Gasteiger partial charge in [-0.2, -0.15) is 0 Å². The van der Waals surface area contributed by atoms with E-state index >= 15 is 0 Å². The van der Waals surface area contributed by atoms with Crippen molar-refractivity contribution in [2.45, 2.75) is 31.7 Å². The van der Waals surface area contributed by atoms with Crippen molar-refractivity contribution in [1.82, 2.24) is 0 Å². The lowest BCUT2D eigenvalue weighted by atomic mass is 10.0. The Labute approximate surface area is 54.8 Å². The average Bonchev–Trinajstić information content (AvgIpc) is 2.44. The van der Waals surface area contributed by atoms with E-state index in [1.807, 2.05) is 6.92 Å². The molecule has 2 unspecified atom stereocenters. The molecule has 0 bridgehead atoms. The van der Waals surface area contributed by atoms with Gasteiger partial charge in [-0.1, -0.05) is 5.92 Å². The molecule has 0 spiro atoms. The number of aliphatic hydroxyl groups is 1. The van der Waals surface area contributed by atoms with Crippen molar-refractivity contribution in [2.75, 3.05) is 0 Å². The minimum atomic E-state index is -0.474. The van der Waals surface area contributed by atoms with Crippen LogP contribution in [-0.2, 0) is 4.74 Å². The first-order valence-electron chi connectivity index (χ1n) is 2.93. The summed E-state index contributed by atoms with van der Waals surface area (Å²) in [6, 6.07) is 0. The third-order valence-corrected chi connectivity index (χ3v) is 1.82. The Morgan fingerprint density at radius 3 is 2.56 bits per heavy atom. The molecule has 0 aromatic heterocycles. The van der Waals surface area contributed by atoms with Gasteiger partial charge in [0.1, 0.15) is 11.7 Å². The molecule has 1 aliphatic rings. The van der Waals surface area contributed by atoms with Crippen LogP contribution in [0.5, 0.6) is 0 Å². The Kier molecular flexibility index (Phi) is 1.27. The van der Waals surface area contributed by atoms with E-state index in [1.54, 1.807) is 6.92 Å². The molecule has 0 aromatic carbocycles. The predicted molar refractivity (Wildman–Crippen MR) is 33.8 cm³/mol. The van der Waals surface area contributed by atoms with E-state index in [0.29, 0.717) is 0 Å². The number of rotatable bonds is 1. The second kappa shape index (κ2) is 1.73. The maximum Gasteiger partial charge on any atom is 0.150 e. The van der Waals surface area contributed by atoms with Gasteiger partial charge in [-0.25, -0.2) is 0 Å². The minimum absolute atomic E-state index is 0.183. The Bertz CT molecular complexity index is 157. The second-order valence-electron chi connectivity index (χ2n) is 2.52. The SMILES string of the molecule is C#CC1OC1(C)[C@H](C)O. The number of hydrogen-bond donors (Lipinski definition) is 1. The van der Waals surface area contributed by atoms with Gasteiger partial charge in [0.2, 0.25) is 0 Å². The Morgan fingerprint density at radius 2 is 2.44 bits per heavy atom. The first kappa shape index (κ1) is 6.60. The van der Waals surface area contributed by atoms with E-state index in [1.165, 1.54) is 0 Å². The fraction of sp³-hybridized carbons (Fsp3) is 0.714. The Balaban J connectivity index is 2.54. The van der Waals surface area contributed by atoms with Crippen molar-refractivity contribution in [3.05, 3.63) is 0 Å². The van der Waals surface area contributed by atoms with Crippen molar-refractivity contribution in [3.8, 4) is 12.3 Å². The molecular weight excluding hydrogens is 116 g/mol. The lowest BCUT2D eigenvalue weighted by molar-refractivity contribution is 0.101. The summed E-state index contributed by atoms with van der Waals surface area (Å²) in [6.45, 7) is 3.49. The smallest absolute Gasteiger partial charge is 0.150 e. The van der Waals surface area contributed by atoms with Crippen LogP contribution in [0.25, 0.3) is 0 Å². The van der Waals surface area contributed by atoms with Gasteiger partial charge < -0.3 is 9.84 Å². The van der Waals surface area contributed by atoms with Gasteiger partial charge in [0, 0.05) is 0 Å². The van der Waals surface area contributed by atoms with E-state index in [0.717, 1.165) is 0 Å². The van der Waals surface area contributed by atoms with Crippen molar-refractivity contribution < 1.29 is 9.84 Å². The van der Waals surface area contributed by atoms with Gasteiger partial charge in [-0.3, -0.25) is 0 Å². The fourth-order valence-electron chi connectivity index (χ4n) is 0.737. The molecule has 1 rings (SSSR count). The highest BCUT2D eigenvalue weighted by molar-refractivity contribution is 5.17. The molecule has 1 saturated heterocycles. The van der Waals surface area contributed by atoms with Crippen LogP contribution in [0.4, 0.5) is 0 Å². The largest absolute Gasteiger partial charge is 0.390 e. The van der Waals surface area contributed by atoms with Gasteiger partial charge >= 0.3 is 0 Å². The summed E-state index contributed by atoms with van der Waals surface area (Å²) in [5, 5.41) is 9.03. The van der Waals surface area contributed by atoms with E-state index in [2.05, 4.69) is 5.92 Å². The zero-order valence-corrected chi connectivity index (χ0v) is 5.59. The van der Waals surface area contributed by atoms with Crippen LogP contribution < -0.4 is 0 Å². The summed E-state index contributed by atoms with van der Waals surface area (Å²) in [7, 11) is 0. The molecule has 0 amide bonds. The molecule has 1 N–H and O–H groups in total. The molecule has 50 valence electrons. The van der Waals surface area contributed by atoms with Crippen LogP contribution in [0, 0.1) is 12.3 Å². The molecule has 9 heavy (non-hydrogen) atoms. The van der Waals surface area contributed by atoms with Crippen LogP contribution in [0.2, 0.25) is 0 Å². The van der Waals surface area contributed by atoms with E-state index in [-0.39, 0.29) is 6.10 Å². The number of epoxide rings is 1. The first-order valence-corrected chi connectivity index (χ1v) is 2.93. The normalized spacial score (nSPS) is 43.6. The molecule has 0 aliphatic carbocycles. The molecular formula is C7H10O2. The topological polar surface area (TPSA) is 32.8 Å². The van der Waals surface area contributed by atoms with Crippen molar-refractivity contribution >= 4 is 0 Å². The highest BCUT2D eigenvalue weighted by Gasteiger charge is 2.55. The van der Waals surface area contributed by atoms with E-state index < -0.39 is 11.7 Å². The third kappa shape index (κ3) is 0.827. The Hall–Kier alpha value is -0.520. The molecule has 0 saturated carbocycles. The highest BCUT2D eigenvalue weighted by Crippen LogP contribution is 2.38. The standard InChI is InChI=1S/C7H10O2/c1-4-6-7(3,9-6)5(2)8/h1,5-6,8H,2-3H3/t5-,6?,7?/m0/s1. The fourth-order valence-corrected chi connectivity index (χ4v) is 0.737. The zero-order valence-electron chi connectivity index (χ0n) is 5.59. The summed E-state index contributed by atoms with van der Waals surface area (Å²) in [4.78, 5) is 0. The van der Waals surface area contributed by atoms with Crippen LogP contribution in [0.3, 0.4) is 0 Å². The van der Waals surface area contributed by atoms with Gasteiger partial charge in [-0.05, 0) is 13.8 Å². The van der Waals surface area contributed by atoms with Crippen molar-refractivity contribution in [3.63, 3.8) is 0 Å². The van der Waals surface area contributed by atoms with Crippen molar-refractivity contribution in [2.24, 2.45) is 0 Å². The molecule has 0 aromatic rings. The Morgan fingerprint density at radius 1 is 1.89 bits per heavy atom. The second-order valence-corrected chi connectivity index (χ2v) is 2.52. The third-order valence-electron chi connectivity index (χ3n) is 1.82. The van der Waals surface area contributed by atoms with Gasteiger partial charge in [0.05, 0.1) is 6.10 Å². The lowest BCUT2D eigenvalue weighted by Crippen LogP contribution is -2.25. The van der Waals surface area contributed by atoms with Gasteiger partial charge in [0.25, 0.3) is 0 Å². The maximum atomic E-state index is 9.03. The molecule has 2 nitrogen and oxygen atoms in total. The summed E-state index contributed by atoms with van der Waals surface area (Å²) >= 11 is 0. The highest BCUT2D eigenvalue weighted by atomic mass is 16.6. The van der Waals surface area contributed by atoms with Crippen LogP contribution in [0.1, 0.15) is 13.8 Å².